The van der Waals surface area contributed by atoms with Gasteiger partial charge in [0.05, 0.1) is 70.2 Å². The first-order chi connectivity index (χ1) is 60.0. The van der Waals surface area contributed by atoms with Crippen molar-refractivity contribution >= 4 is 11.9 Å². The monoisotopic (exact) mass is 1840 g/mol. The maximum absolute atomic E-state index is 16.7. The summed E-state index contributed by atoms with van der Waals surface area (Å²) in [6.07, 6.45) is -61.9. The molecule has 43 heteroatoms. The van der Waals surface area contributed by atoms with Gasteiger partial charge in [0.15, 0.2) is 50.1 Å². The van der Waals surface area contributed by atoms with Gasteiger partial charge in [0.2, 0.25) is 6.29 Å². The topological polar surface area (TPSA) is 677 Å². The summed E-state index contributed by atoms with van der Waals surface area (Å²) in [4.78, 5) is 31.7. The second-order valence-electron chi connectivity index (χ2n) is 39.7. The summed E-state index contributed by atoms with van der Waals surface area (Å²) in [5, 5.41) is 265. The number of aliphatic hydroxyl groups is 24. The summed E-state index contributed by atoms with van der Waals surface area (Å²) in [6.45, 7) is 17.9. The molecule has 128 heavy (non-hydrogen) atoms. The van der Waals surface area contributed by atoms with Gasteiger partial charge < -0.3 is 203 Å². The lowest BCUT2D eigenvalue weighted by molar-refractivity contribution is -0.376. The van der Waals surface area contributed by atoms with Crippen molar-refractivity contribution in [2.75, 3.05) is 46.2 Å². The zero-order valence-corrected chi connectivity index (χ0v) is 73.3. The molecule has 0 radical (unpaired) electrons. The molecule has 0 aromatic heterocycles. The van der Waals surface area contributed by atoms with Crippen LogP contribution in [0.3, 0.4) is 0 Å². The molecule has 48 unspecified atom stereocenters. The van der Waals surface area contributed by atoms with Crippen molar-refractivity contribution in [3.63, 3.8) is 0 Å². The number of aliphatic hydroxyl groups excluding tert-OH is 24. The number of allylic oxidation sites excluding steroid dienone is 3. The minimum Gasteiger partial charge on any atom is -0.458 e. The Morgan fingerprint density at radius 2 is 0.938 bits per heavy atom. The van der Waals surface area contributed by atoms with E-state index in [9.17, 15) is 123 Å². The second-order valence-corrected chi connectivity index (χ2v) is 39.7. The molecule has 8 heterocycles. The largest absolute Gasteiger partial charge is 0.458 e. The number of esters is 2. The summed E-state index contributed by atoms with van der Waals surface area (Å²) < 4.78 is 103. The van der Waals surface area contributed by atoms with Gasteiger partial charge in [0.25, 0.3) is 0 Å². The third-order valence-electron chi connectivity index (χ3n) is 31.0. The van der Waals surface area contributed by atoms with E-state index in [2.05, 4.69) is 33.4 Å². The summed E-state index contributed by atoms with van der Waals surface area (Å²) in [5.74, 6) is -3.49. The van der Waals surface area contributed by atoms with E-state index in [1.807, 2.05) is 27.7 Å². The molecule has 13 aliphatic rings. The third kappa shape index (κ3) is 18.9. The number of fused-ring (bicyclic) bond motifs is 7. The maximum atomic E-state index is 16.7. The highest BCUT2D eigenvalue weighted by atomic mass is 16.8. The molecule has 0 aromatic rings. The molecule has 5 aliphatic carbocycles. The van der Waals surface area contributed by atoms with Crippen LogP contribution in [0, 0.1) is 50.2 Å². The molecule has 8 saturated heterocycles. The van der Waals surface area contributed by atoms with E-state index in [-0.39, 0.29) is 43.1 Å². The van der Waals surface area contributed by atoms with Crippen LogP contribution in [-0.4, -0.2) is 432 Å². The molecule has 13 rings (SSSR count). The van der Waals surface area contributed by atoms with Gasteiger partial charge >= 0.3 is 11.9 Å². The standard InChI is InChI=1S/C85H136O43/c1-12-81(8,128-77-68(58(102)53(97)40(26-87)119-77)126-74-63(107)51(95)38(90)29-114-74)19-13-14-32(2)69(110)122-47-24-85(78(111)127-76-67(125-73-62(106)50(94)37(89)28-113-73)60(104)55(99)42(121-76)30-115-70-64(108)56(100)48(92)33(3)117-70)35(22-79(47,4)5)34-15-16-44-82(9)20-18-46(80(6,7)43(82)17-21-83(44,10)84(34,11)23-45(85)91)123-75-66(124-72-61(105)49(93)36(88)27-112-72)59(103)54(98)41(120-75)31-116-71-65(109)57(101)52(96)39(25-86)118-71/h12,14-15,33,35-68,70-77,86-109H,1,13,16-31H2,2-11H3. The molecular formula is C85H136O43. The molecule has 24 N–H and O–H groups in total. The number of hydrogen-bond acceptors (Lipinski definition) is 43. The van der Waals surface area contributed by atoms with Crippen molar-refractivity contribution in [3.8, 4) is 0 Å². The van der Waals surface area contributed by atoms with Crippen LogP contribution in [0.15, 0.2) is 36.0 Å². The molecule has 48 atom stereocenters. The molecule has 8 aliphatic heterocycles. The van der Waals surface area contributed by atoms with E-state index in [1.165, 1.54) is 26.0 Å². The number of hydrogen-bond donors (Lipinski definition) is 24. The first kappa shape index (κ1) is 102. The van der Waals surface area contributed by atoms with Crippen molar-refractivity contribution in [1.29, 1.82) is 0 Å². The van der Waals surface area contributed by atoms with Crippen LogP contribution in [0.2, 0.25) is 0 Å². The SMILES string of the molecule is C=CC(C)(CCC=C(C)C(=O)OC1CC2(C(=O)OC3OC(COC4OC(C)C(O)C(O)C4O)C(O)C(O)C3OC3OCC(O)C(O)C3O)C(O)CC3(C)C(=CCC4C5(C)CCC(OC6OC(COC7OC(CO)C(O)C(O)C7O)C(O)C(O)C6OC6OCC(O)C(O)C6O)C(C)(C)C5CCC43C)C2CC1(C)C)OC1OC(CO)C(O)C(O)C1OC1OCC(O)C(O)C1O. The van der Waals surface area contributed by atoms with Gasteiger partial charge in [0, 0.05) is 17.4 Å². The Kier molecular flexibility index (Phi) is 31.6. The summed E-state index contributed by atoms with van der Waals surface area (Å²) in [6, 6.07) is 0. The predicted octanol–water partition coefficient (Wildman–Crippen LogP) is -7.64. The van der Waals surface area contributed by atoms with Crippen LogP contribution in [0.1, 0.15) is 133 Å². The van der Waals surface area contributed by atoms with Crippen molar-refractivity contribution < 1.29 is 213 Å². The molecule has 4 saturated carbocycles. The van der Waals surface area contributed by atoms with Crippen LogP contribution in [0.4, 0.5) is 0 Å². The Bertz CT molecular complexity index is 3810. The lowest BCUT2D eigenvalue weighted by Gasteiger charge is -2.72. The van der Waals surface area contributed by atoms with Gasteiger partial charge in [-0.05, 0) is 118 Å². The predicted molar refractivity (Wildman–Crippen MR) is 424 cm³/mol. The summed E-state index contributed by atoms with van der Waals surface area (Å²) in [5.41, 5.74) is -7.06. The Balaban J connectivity index is 0.799. The van der Waals surface area contributed by atoms with E-state index in [4.69, 9.17) is 80.5 Å². The first-order valence-electron chi connectivity index (χ1n) is 44.3. The minimum absolute atomic E-state index is 0.00127. The lowest BCUT2D eigenvalue weighted by Crippen LogP contribution is -2.70. The van der Waals surface area contributed by atoms with Gasteiger partial charge in [-0.25, -0.2) is 4.79 Å². The first-order valence-corrected chi connectivity index (χ1v) is 44.3. The molecule has 12 fully saturated rings. The Morgan fingerprint density at radius 1 is 0.484 bits per heavy atom. The van der Waals surface area contributed by atoms with Gasteiger partial charge in [0.1, 0.15) is 176 Å². The van der Waals surface area contributed by atoms with Crippen LogP contribution in [0.25, 0.3) is 0 Å². The lowest BCUT2D eigenvalue weighted by atomic mass is 9.33. The van der Waals surface area contributed by atoms with Gasteiger partial charge in [-0.1, -0.05) is 72.3 Å². The van der Waals surface area contributed by atoms with Crippen molar-refractivity contribution in [3.05, 3.63) is 36.0 Å². The third-order valence-corrected chi connectivity index (χ3v) is 31.0. The highest BCUT2D eigenvalue weighted by molar-refractivity contribution is 5.88. The number of rotatable bonds is 26. The van der Waals surface area contributed by atoms with Crippen LogP contribution >= 0.6 is 0 Å². The van der Waals surface area contributed by atoms with Crippen molar-refractivity contribution in [2.45, 2.75) is 385 Å². The fraction of sp³-hybridized carbons (Fsp3) is 0.906. The quantitative estimate of drug-likeness (QED) is 0.0166. The summed E-state index contributed by atoms with van der Waals surface area (Å²) >= 11 is 0. The van der Waals surface area contributed by atoms with Crippen LogP contribution < -0.4 is 0 Å². The Morgan fingerprint density at radius 3 is 1.45 bits per heavy atom. The molecule has 0 bridgehead atoms. The fourth-order valence-electron chi connectivity index (χ4n) is 22.6. The van der Waals surface area contributed by atoms with E-state index >= 15 is 9.59 Å². The second kappa shape index (κ2) is 39.6. The highest BCUT2D eigenvalue weighted by Gasteiger charge is 2.74. The smallest absolute Gasteiger partial charge is 0.333 e. The fourth-order valence-corrected chi connectivity index (χ4v) is 22.6. The zero-order valence-electron chi connectivity index (χ0n) is 73.3. The Labute approximate surface area is 739 Å². The molecular weight excluding hydrogens is 1710 g/mol. The van der Waals surface area contributed by atoms with E-state index in [0.717, 1.165) is 5.57 Å². The molecule has 734 valence electrons. The van der Waals surface area contributed by atoms with Crippen molar-refractivity contribution in [1.82, 2.24) is 0 Å². The minimum atomic E-state index is -2.19. The normalized spacial score (nSPS) is 51.4. The van der Waals surface area contributed by atoms with Crippen LogP contribution in [0.5, 0.6) is 0 Å². The number of ether oxygens (including phenoxy) is 17. The summed E-state index contributed by atoms with van der Waals surface area (Å²) in [7, 11) is 0. The van der Waals surface area contributed by atoms with Gasteiger partial charge in [-0.3, -0.25) is 4.79 Å². The van der Waals surface area contributed by atoms with E-state index in [0.29, 0.717) is 32.1 Å². The van der Waals surface area contributed by atoms with E-state index in [1.54, 1.807) is 6.92 Å². The highest BCUT2D eigenvalue weighted by Crippen LogP contribution is 2.76. The Hall–Kier alpha value is -3.40. The maximum Gasteiger partial charge on any atom is 0.333 e. The number of carbonyl (C=O) groups is 2. The zero-order chi connectivity index (χ0) is 93.8. The number of carbonyl (C=O) groups excluding carboxylic acids is 2. The van der Waals surface area contributed by atoms with Crippen molar-refractivity contribution in [2.24, 2.45) is 50.2 Å². The average molecular weight is 1850 g/mol. The molecule has 0 aromatic carbocycles. The van der Waals surface area contributed by atoms with Crippen LogP contribution in [-0.2, 0) is 90.1 Å². The van der Waals surface area contributed by atoms with E-state index < -0.39 is 354 Å². The van der Waals surface area contributed by atoms with Gasteiger partial charge in [-0.2, -0.15) is 0 Å². The van der Waals surface area contributed by atoms with Gasteiger partial charge in [-0.15, -0.1) is 6.58 Å². The average Bonchev–Trinajstić information content (AvgIpc) is 0.667. The molecule has 0 amide bonds. The molecule has 43 nitrogen and oxygen atoms in total. The molecule has 0 spiro atoms.